The lowest BCUT2D eigenvalue weighted by atomic mass is 9.88. The van der Waals surface area contributed by atoms with Gasteiger partial charge in [0.25, 0.3) is 0 Å². The van der Waals surface area contributed by atoms with Crippen LogP contribution in [0, 0.1) is 5.41 Å². The Balaban J connectivity index is 4.29. The van der Waals surface area contributed by atoms with Crippen LogP contribution in [0.25, 0.3) is 0 Å². The number of amides is 1. The van der Waals surface area contributed by atoms with Crippen LogP contribution in [-0.2, 0) is 9.59 Å². The molecule has 0 rings (SSSR count). The number of hydrogen-bond acceptors (Lipinski definition) is 3. The predicted octanol–water partition coefficient (Wildman–Crippen LogP) is 0.211. The number of carboxylic acids is 1. The van der Waals surface area contributed by atoms with Crippen LogP contribution in [0.3, 0.4) is 0 Å². The van der Waals surface area contributed by atoms with Gasteiger partial charge in [-0.1, -0.05) is 20.8 Å². The van der Waals surface area contributed by atoms with Gasteiger partial charge in [-0.05, 0) is 18.9 Å². The SMILES string of the molecule is CNCC(=O)N[C@@H](CC(C)(C)C)C(=O)O. The number of hydrogen-bond donors (Lipinski definition) is 3. The molecule has 0 spiro atoms. The molecule has 0 saturated carbocycles. The molecule has 0 heterocycles. The van der Waals surface area contributed by atoms with Crippen LogP contribution in [0.5, 0.6) is 0 Å². The molecule has 5 heteroatoms. The van der Waals surface area contributed by atoms with Gasteiger partial charge in [0.2, 0.25) is 5.91 Å². The van der Waals surface area contributed by atoms with Crippen molar-refractivity contribution in [2.75, 3.05) is 13.6 Å². The summed E-state index contributed by atoms with van der Waals surface area (Å²) in [6.45, 7) is 5.95. The number of nitrogens with one attached hydrogen (secondary N) is 2. The minimum atomic E-state index is -0.991. The van der Waals surface area contributed by atoms with Crippen molar-refractivity contribution in [1.82, 2.24) is 10.6 Å². The van der Waals surface area contributed by atoms with Crippen molar-refractivity contribution in [2.45, 2.75) is 33.2 Å². The van der Waals surface area contributed by atoms with Gasteiger partial charge in [-0.25, -0.2) is 4.79 Å². The molecule has 0 saturated heterocycles. The number of likely N-dealkylation sites (N-methyl/N-ethyl adjacent to an activating group) is 1. The normalized spacial score (nSPS) is 13.3. The summed E-state index contributed by atoms with van der Waals surface area (Å²) in [4.78, 5) is 22.1. The van der Waals surface area contributed by atoms with Gasteiger partial charge in [-0.2, -0.15) is 0 Å². The Bertz CT molecular complexity index is 233. The molecule has 88 valence electrons. The molecule has 0 fully saturated rings. The van der Waals surface area contributed by atoms with E-state index >= 15 is 0 Å². The average Bonchev–Trinajstić information content (AvgIpc) is 2.00. The van der Waals surface area contributed by atoms with Crippen molar-refractivity contribution < 1.29 is 14.7 Å². The van der Waals surface area contributed by atoms with E-state index in [0.29, 0.717) is 6.42 Å². The maximum atomic E-state index is 11.2. The Morgan fingerprint density at radius 1 is 1.33 bits per heavy atom. The smallest absolute Gasteiger partial charge is 0.326 e. The molecule has 0 aliphatic carbocycles. The molecule has 3 N–H and O–H groups in total. The van der Waals surface area contributed by atoms with Crippen molar-refractivity contribution >= 4 is 11.9 Å². The maximum Gasteiger partial charge on any atom is 0.326 e. The lowest BCUT2D eigenvalue weighted by molar-refractivity contribution is -0.142. The maximum absolute atomic E-state index is 11.2. The first-order valence-corrected chi connectivity index (χ1v) is 4.93. The highest BCUT2D eigenvalue weighted by Gasteiger charge is 2.25. The second-order valence-electron chi connectivity index (χ2n) is 4.75. The Kier molecular flexibility index (Phi) is 5.28. The molecule has 0 aromatic rings. The van der Waals surface area contributed by atoms with Crippen molar-refractivity contribution in [2.24, 2.45) is 5.41 Å². The van der Waals surface area contributed by atoms with E-state index in [9.17, 15) is 9.59 Å². The molecular formula is C10H20N2O3. The zero-order valence-electron chi connectivity index (χ0n) is 9.76. The van der Waals surface area contributed by atoms with Crippen molar-refractivity contribution in [3.8, 4) is 0 Å². The number of carbonyl (C=O) groups excluding carboxylic acids is 1. The lowest BCUT2D eigenvalue weighted by Crippen LogP contribution is -2.45. The fourth-order valence-electron chi connectivity index (χ4n) is 1.22. The molecule has 0 radical (unpaired) electrons. The number of aliphatic carboxylic acids is 1. The Morgan fingerprint density at radius 3 is 2.20 bits per heavy atom. The molecule has 0 aromatic heterocycles. The van der Waals surface area contributed by atoms with Crippen LogP contribution >= 0.6 is 0 Å². The van der Waals surface area contributed by atoms with E-state index in [-0.39, 0.29) is 17.9 Å². The highest BCUT2D eigenvalue weighted by atomic mass is 16.4. The minimum absolute atomic E-state index is 0.129. The summed E-state index contributed by atoms with van der Waals surface area (Å²) in [6, 6.07) is -0.814. The summed E-state index contributed by atoms with van der Waals surface area (Å²) in [7, 11) is 1.64. The summed E-state index contributed by atoms with van der Waals surface area (Å²) >= 11 is 0. The molecule has 5 nitrogen and oxygen atoms in total. The number of carboxylic acid groups (broad SMARTS) is 1. The zero-order chi connectivity index (χ0) is 12.1. The van der Waals surface area contributed by atoms with E-state index in [2.05, 4.69) is 10.6 Å². The molecule has 0 aliphatic heterocycles. The Morgan fingerprint density at radius 2 is 1.87 bits per heavy atom. The van der Waals surface area contributed by atoms with Gasteiger partial charge in [0.15, 0.2) is 0 Å². The van der Waals surface area contributed by atoms with Crippen LogP contribution in [0.1, 0.15) is 27.2 Å². The van der Waals surface area contributed by atoms with Crippen LogP contribution in [-0.4, -0.2) is 36.6 Å². The monoisotopic (exact) mass is 216 g/mol. The van der Waals surface area contributed by atoms with Crippen LogP contribution in [0.4, 0.5) is 0 Å². The van der Waals surface area contributed by atoms with Crippen LogP contribution in [0.2, 0.25) is 0 Å². The molecule has 0 bridgehead atoms. The minimum Gasteiger partial charge on any atom is -0.480 e. The van der Waals surface area contributed by atoms with E-state index in [1.165, 1.54) is 0 Å². The quantitative estimate of drug-likeness (QED) is 0.614. The second kappa shape index (κ2) is 5.70. The third-order valence-electron chi connectivity index (χ3n) is 1.79. The first-order valence-electron chi connectivity index (χ1n) is 4.93. The summed E-state index contributed by atoms with van der Waals surface area (Å²) in [5.74, 6) is -1.29. The number of carbonyl (C=O) groups is 2. The fourth-order valence-corrected chi connectivity index (χ4v) is 1.22. The van der Waals surface area contributed by atoms with Gasteiger partial charge in [0.1, 0.15) is 6.04 Å². The number of rotatable bonds is 5. The summed E-state index contributed by atoms with van der Waals surface area (Å²) in [5, 5.41) is 14.1. The molecular weight excluding hydrogens is 196 g/mol. The summed E-state index contributed by atoms with van der Waals surface area (Å²) < 4.78 is 0. The molecule has 0 aliphatic rings. The molecule has 1 atom stereocenters. The van der Waals surface area contributed by atoms with Gasteiger partial charge >= 0.3 is 5.97 Å². The second-order valence-corrected chi connectivity index (χ2v) is 4.75. The van der Waals surface area contributed by atoms with Gasteiger partial charge in [0, 0.05) is 0 Å². The average molecular weight is 216 g/mol. The molecule has 0 unspecified atom stereocenters. The van der Waals surface area contributed by atoms with Crippen molar-refractivity contribution in [1.29, 1.82) is 0 Å². The van der Waals surface area contributed by atoms with E-state index in [0.717, 1.165) is 0 Å². The van der Waals surface area contributed by atoms with Crippen molar-refractivity contribution in [3.63, 3.8) is 0 Å². The summed E-state index contributed by atoms with van der Waals surface area (Å²) in [6.07, 6.45) is 0.414. The van der Waals surface area contributed by atoms with E-state index in [4.69, 9.17) is 5.11 Å². The predicted molar refractivity (Wildman–Crippen MR) is 57.6 cm³/mol. The van der Waals surface area contributed by atoms with Gasteiger partial charge in [0.05, 0.1) is 6.54 Å². The van der Waals surface area contributed by atoms with E-state index in [1.54, 1.807) is 7.05 Å². The summed E-state index contributed by atoms with van der Waals surface area (Å²) in [5.41, 5.74) is -0.129. The van der Waals surface area contributed by atoms with Crippen LogP contribution in [0.15, 0.2) is 0 Å². The van der Waals surface area contributed by atoms with Gasteiger partial charge in [-0.3, -0.25) is 4.79 Å². The first-order chi connectivity index (χ1) is 6.76. The van der Waals surface area contributed by atoms with E-state index < -0.39 is 12.0 Å². The van der Waals surface area contributed by atoms with Crippen molar-refractivity contribution in [3.05, 3.63) is 0 Å². The third kappa shape index (κ3) is 6.90. The Labute approximate surface area is 90.2 Å². The van der Waals surface area contributed by atoms with E-state index in [1.807, 2.05) is 20.8 Å². The first kappa shape index (κ1) is 13.9. The lowest BCUT2D eigenvalue weighted by Gasteiger charge is -2.23. The topological polar surface area (TPSA) is 78.4 Å². The largest absolute Gasteiger partial charge is 0.480 e. The van der Waals surface area contributed by atoms with Gasteiger partial charge < -0.3 is 15.7 Å². The highest BCUT2D eigenvalue weighted by Crippen LogP contribution is 2.20. The highest BCUT2D eigenvalue weighted by molar-refractivity contribution is 5.84. The Hall–Kier alpha value is -1.10. The standard InChI is InChI=1S/C10H20N2O3/c1-10(2,3)5-7(9(14)15)12-8(13)6-11-4/h7,11H,5-6H2,1-4H3,(H,12,13)(H,14,15)/t7-/m0/s1. The molecule has 1 amide bonds. The molecule has 15 heavy (non-hydrogen) atoms. The zero-order valence-corrected chi connectivity index (χ0v) is 9.76. The fraction of sp³-hybridized carbons (Fsp3) is 0.800. The van der Waals surface area contributed by atoms with Crippen LogP contribution < -0.4 is 10.6 Å². The van der Waals surface area contributed by atoms with Gasteiger partial charge in [-0.15, -0.1) is 0 Å². The third-order valence-corrected chi connectivity index (χ3v) is 1.79. The molecule has 0 aromatic carbocycles.